The van der Waals surface area contributed by atoms with E-state index in [1.807, 2.05) is 26.0 Å². The summed E-state index contributed by atoms with van der Waals surface area (Å²) in [6.07, 6.45) is 4.39. The van der Waals surface area contributed by atoms with Crippen LogP contribution in [0.4, 0.5) is 0 Å². The minimum atomic E-state index is -3.44. The number of aromatic amines is 1. The van der Waals surface area contributed by atoms with Gasteiger partial charge in [0, 0.05) is 24.2 Å². The predicted molar refractivity (Wildman–Crippen MR) is 130 cm³/mol. The standard InChI is InChI=1S/C24H26N4O5S/c1-5-33-22-13-16(7-9-21(22)32-3)20(14-34(4,30)31)28-19-8-6-17(12-18(19)27-24(28)29)23-15(2)25-10-11-26-23/h6-13,20H,5,14H2,1-4H3,(H,27,29). The van der Waals surface area contributed by atoms with E-state index in [4.69, 9.17) is 9.47 Å². The second-order valence-corrected chi connectivity index (χ2v) is 10.2. The Balaban J connectivity index is 1.89. The third-order valence-electron chi connectivity index (χ3n) is 5.52. The number of nitrogens with one attached hydrogen (secondary N) is 1. The number of fused-ring (bicyclic) bond motifs is 1. The molecule has 0 aliphatic heterocycles. The van der Waals surface area contributed by atoms with Gasteiger partial charge < -0.3 is 14.5 Å². The number of H-pyrrole nitrogens is 1. The maximum Gasteiger partial charge on any atom is 0.327 e. The van der Waals surface area contributed by atoms with Crippen LogP contribution in [0.1, 0.15) is 24.2 Å². The highest BCUT2D eigenvalue weighted by molar-refractivity contribution is 7.90. The van der Waals surface area contributed by atoms with E-state index < -0.39 is 21.6 Å². The van der Waals surface area contributed by atoms with E-state index in [0.717, 1.165) is 17.5 Å². The van der Waals surface area contributed by atoms with E-state index in [1.165, 1.54) is 11.7 Å². The number of hydrogen-bond acceptors (Lipinski definition) is 7. The molecule has 0 spiro atoms. The Hall–Kier alpha value is -3.66. The van der Waals surface area contributed by atoms with Crippen LogP contribution in [0, 0.1) is 6.92 Å². The average Bonchev–Trinajstić information content (AvgIpc) is 3.12. The van der Waals surface area contributed by atoms with Gasteiger partial charge in [-0.05, 0) is 43.7 Å². The van der Waals surface area contributed by atoms with Gasteiger partial charge in [0.05, 0.1) is 47.9 Å². The monoisotopic (exact) mass is 482 g/mol. The van der Waals surface area contributed by atoms with Crippen molar-refractivity contribution >= 4 is 20.9 Å². The van der Waals surface area contributed by atoms with Crippen molar-refractivity contribution in [3.8, 4) is 22.8 Å². The predicted octanol–water partition coefficient (Wildman–Crippen LogP) is 3.14. The van der Waals surface area contributed by atoms with Crippen molar-refractivity contribution in [2.75, 3.05) is 25.7 Å². The quantitative estimate of drug-likeness (QED) is 0.410. The maximum atomic E-state index is 13.1. The number of benzene rings is 2. The molecule has 0 saturated carbocycles. The van der Waals surface area contributed by atoms with Crippen LogP contribution in [-0.2, 0) is 9.84 Å². The van der Waals surface area contributed by atoms with Crippen molar-refractivity contribution < 1.29 is 17.9 Å². The Morgan fingerprint density at radius 3 is 2.53 bits per heavy atom. The molecule has 0 aliphatic carbocycles. The van der Waals surface area contributed by atoms with Crippen LogP contribution in [-0.4, -0.2) is 53.7 Å². The summed E-state index contributed by atoms with van der Waals surface area (Å²) in [6, 6.07) is 9.87. The number of aromatic nitrogens is 4. The van der Waals surface area contributed by atoms with E-state index in [0.29, 0.717) is 40.4 Å². The van der Waals surface area contributed by atoms with Crippen molar-refractivity contribution in [2.45, 2.75) is 19.9 Å². The van der Waals surface area contributed by atoms with E-state index in [-0.39, 0.29) is 5.75 Å². The minimum Gasteiger partial charge on any atom is -0.493 e. The van der Waals surface area contributed by atoms with Gasteiger partial charge in [0.1, 0.15) is 9.84 Å². The van der Waals surface area contributed by atoms with Crippen LogP contribution in [0.2, 0.25) is 0 Å². The van der Waals surface area contributed by atoms with Crippen LogP contribution >= 0.6 is 0 Å². The van der Waals surface area contributed by atoms with Gasteiger partial charge in [0.2, 0.25) is 0 Å². The molecule has 2 aromatic heterocycles. The van der Waals surface area contributed by atoms with E-state index >= 15 is 0 Å². The molecular weight excluding hydrogens is 456 g/mol. The fourth-order valence-electron chi connectivity index (χ4n) is 4.05. The van der Waals surface area contributed by atoms with E-state index in [1.54, 1.807) is 36.7 Å². The van der Waals surface area contributed by atoms with Crippen LogP contribution in [0.5, 0.6) is 11.5 Å². The molecule has 0 aliphatic rings. The molecule has 1 atom stereocenters. The smallest absolute Gasteiger partial charge is 0.327 e. The average molecular weight is 483 g/mol. The molecule has 4 aromatic rings. The molecule has 34 heavy (non-hydrogen) atoms. The van der Waals surface area contributed by atoms with Gasteiger partial charge in [0.25, 0.3) is 0 Å². The fraction of sp³-hybridized carbons (Fsp3) is 0.292. The molecule has 4 rings (SSSR count). The zero-order valence-electron chi connectivity index (χ0n) is 19.4. The lowest BCUT2D eigenvalue weighted by Crippen LogP contribution is -2.28. The Labute approximate surface area is 197 Å². The minimum absolute atomic E-state index is 0.261. The molecule has 0 fully saturated rings. The van der Waals surface area contributed by atoms with Gasteiger partial charge in [-0.15, -0.1) is 0 Å². The third kappa shape index (κ3) is 4.67. The summed E-state index contributed by atoms with van der Waals surface area (Å²) in [4.78, 5) is 24.6. The van der Waals surface area contributed by atoms with Gasteiger partial charge in [-0.3, -0.25) is 14.5 Å². The van der Waals surface area contributed by atoms with Gasteiger partial charge in [-0.2, -0.15) is 0 Å². The number of hydrogen-bond donors (Lipinski definition) is 1. The van der Waals surface area contributed by atoms with Crippen LogP contribution < -0.4 is 15.2 Å². The summed E-state index contributed by atoms with van der Waals surface area (Å²) < 4.78 is 37.2. The summed E-state index contributed by atoms with van der Waals surface area (Å²) in [6.45, 7) is 4.12. The fourth-order valence-corrected chi connectivity index (χ4v) is 4.97. The highest BCUT2D eigenvalue weighted by Gasteiger charge is 2.25. The first kappa shape index (κ1) is 23.5. The molecular formula is C24H26N4O5S. The molecule has 178 valence electrons. The zero-order chi connectivity index (χ0) is 24.5. The van der Waals surface area contributed by atoms with Gasteiger partial charge in [-0.25, -0.2) is 13.2 Å². The second kappa shape index (κ2) is 9.30. The summed E-state index contributed by atoms with van der Waals surface area (Å²) in [5.74, 6) is 0.747. The SMILES string of the molecule is CCOc1cc(C(CS(C)(=O)=O)n2c(=O)[nH]c3cc(-c4nccnc4C)ccc32)ccc1OC. The van der Waals surface area contributed by atoms with Crippen molar-refractivity contribution in [1.29, 1.82) is 0 Å². The first-order valence-electron chi connectivity index (χ1n) is 10.7. The van der Waals surface area contributed by atoms with Crippen LogP contribution in [0.15, 0.2) is 53.6 Å². The highest BCUT2D eigenvalue weighted by atomic mass is 32.2. The summed E-state index contributed by atoms with van der Waals surface area (Å²) in [7, 11) is -1.91. The molecule has 0 amide bonds. The summed E-state index contributed by atoms with van der Waals surface area (Å²) in [5, 5.41) is 0. The molecule has 0 radical (unpaired) electrons. The lowest BCUT2D eigenvalue weighted by Gasteiger charge is -2.20. The summed E-state index contributed by atoms with van der Waals surface area (Å²) >= 11 is 0. The zero-order valence-corrected chi connectivity index (χ0v) is 20.2. The van der Waals surface area contributed by atoms with E-state index in [2.05, 4.69) is 15.0 Å². The Morgan fingerprint density at radius 2 is 1.85 bits per heavy atom. The molecule has 1 N–H and O–H groups in total. The largest absolute Gasteiger partial charge is 0.493 e. The van der Waals surface area contributed by atoms with Crippen LogP contribution in [0.25, 0.3) is 22.3 Å². The molecule has 2 heterocycles. The number of imidazole rings is 1. The number of nitrogens with zero attached hydrogens (tertiary/aromatic N) is 3. The topological polar surface area (TPSA) is 116 Å². The Bertz CT molecular complexity index is 1510. The van der Waals surface area contributed by atoms with Gasteiger partial charge >= 0.3 is 5.69 Å². The summed E-state index contributed by atoms with van der Waals surface area (Å²) in [5.41, 5.74) is 3.64. The van der Waals surface area contributed by atoms with Crippen molar-refractivity contribution in [3.63, 3.8) is 0 Å². The third-order valence-corrected chi connectivity index (χ3v) is 6.44. The van der Waals surface area contributed by atoms with Gasteiger partial charge in [0.15, 0.2) is 11.5 Å². The molecule has 2 aromatic carbocycles. The van der Waals surface area contributed by atoms with E-state index in [9.17, 15) is 13.2 Å². The number of sulfone groups is 1. The van der Waals surface area contributed by atoms with Crippen molar-refractivity contribution in [2.24, 2.45) is 0 Å². The van der Waals surface area contributed by atoms with Gasteiger partial charge in [-0.1, -0.05) is 12.1 Å². The second-order valence-electron chi connectivity index (χ2n) is 7.97. The first-order valence-corrected chi connectivity index (χ1v) is 12.8. The molecule has 9 nitrogen and oxygen atoms in total. The number of ether oxygens (including phenoxy) is 2. The Morgan fingerprint density at radius 1 is 1.09 bits per heavy atom. The first-order chi connectivity index (χ1) is 16.2. The van der Waals surface area contributed by atoms with Crippen molar-refractivity contribution in [3.05, 3.63) is 70.5 Å². The molecule has 10 heteroatoms. The molecule has 0 bridgehead atoms. The van der Waals surface area contributed by atoms with Crippen LogP contribution in [0.3, 0.4) is 0 Å². The molecule has 0 saturated heterocycles. The molecule has 1 unspecified atom stereocenters. The maximum absolute atomic E-state index is 13.1. The number of aryl methyl sites for hydroxylation is 1. The Kier molecular flexibility index (Phi) is 6.43. The normalized spacial score (nSPS) is 12.6. The highest BCUT2D eigenvalue weighted by Crippen LogP contribution is 2.33. The number of rotatable bonds is 8. The van der Waals surface area contributed by atoms with Crippen molar-refractivity contribution in [1.82, 2.24) is 19.5 Å². The lowest BCUT2D eigenvalue weighted by molar-refractivity contribution is 0.310. The number of methoxy groups -OCH3 is 1. The lowest BCUT2D eigenvalue weighted by atomic mass is 10.1.